The Hall–Kier alpha value is -4.60. The average molecular weight is 882 g/mol. The summed E-state index contributed by atoms with van der Waals surface area (Å²) in [5, 5.41) is 23.5. The molecule has 0 bridgehead atoms. The highest BCUT2D eigenvalue weighted by molar-refractivity contribution is 6.71. The fourth-order valence-electron chi connectivity index (χ4n) is 10.4. The van der Waals surface area contributed by atoms with Gasteiger partial charge in [0.2, 0.25) is 11.8 Å². The van der Waals surface area contributed by atoms with Crippen LogP contribution in [0, 0.1) is 5.92 Å². The van der Waals surface area contributed by atoms with E-state index in [1.165, 1.54) is 0 Å². The Morgan fingerprint density at radius 2 is 1.69 bits per heavy atom. The Kier molecular flexibility index (Phi) is 12.7. The van der Waals surface area contributed by atoms with Crippen molar-refractivity contribution in [2.45, 2.75) is 101 Å². The summed E-state index contributed by atoms with van der Waals surface area (Å²) in [7, 11) is -3.08. The Morgan fingerprint density at radius 1 is 0.952 bits per heavy atom. The summed E-state index contributed by atoms with van der Waals surface area (Å²) in [5.41, 5.74) is 4.68. The van der Waals surface area contributed by atoms with Gasteiger partial charge in [0.15, 0.2) is 13.9 Å². The van der Waals surface area contributed by atoms with Crippen LogP contribution in [0.15, 0.2) is 84.9 Å². The second-order valence-corrected chi connectivity index (χ2v) is 22.1. The van der Waals surface area contributed by atoms with Crippen LogP contribution in [0.25, 0.3) is 0 Å². The first-order valence-corrected chi connectivity index (χ1v) is 25.2. The predicted octanol–water partition coefficient (Wildman–Crippen LogP) is 6.37. The van der Waals surface area contributed by atoms with Crippen LogP contribution in [-0.2, 0) is 50.7 Å². The molecule has 4 aliphatic rings. The summed E-state index contributed by atoms with van der Waals surface area (Å²) in [5.74, 6) is -0.326. The van der Waals surface area contributed by atoms with Crippen molar-refractivity contribution in [1.29, 1.82) is 0 Å². The normalized spacial score (nSPS) is 24.4. The molecule has 4 heterocycles. The molecule has 6 atom stereocenters. The molecule has 0 aromatic heterocycles. The van der Waals surface area contributed by atoms with Crippen LogP contribution >= 0.6 is 11.6 Å². The van der Waals surface area contributed by atoms with E-state index in [9.17, 15) is 24.6 Å². The van der Waals surface area contributed by atoms with E-state index in [0.717, 1.165) is 40.1 Å². The van der Waals surface area contributed by atoms with E-state index >= 15 is 4.79 Å². The highest BCUT2D eigenvalue weighted by atomic mass is 35.5. The van der Waals surface area contributed by atoms with Gasteiger partial charge in [-0.05, 0) is 123 Å². The maximum Gasteiger partial charge on any atom is 0.264 e. The first-order valence-electron chi connectivity index (χ1n) is 21.8. The number of unbranched alkanes of at least 4 members (excludes halogenated alkanes) is 1. The molecule has 1 spiro atoms. The van der Waals surface area contributed by atoms with Crippen molar-refractivity contribution in [3.05, 3.63) is 118 Å². The van der Waals surface area contributed by atoms with E-state index in [2.05, 4.69) is 5.32 Å². The number of aliphatic hydroxyl groups is 2. The molecule has 0 radical (unpaired) electrons. The number of ether oxygens (including phenoxy) is 2. The number of rotatable bonds is 14. The van der Waals surface area contributed by atoms with E-state index in [1.807, 2.05) is 99.7 Å². The van der Waals surface area contributed by atoms with Crippen molar-refractivity contribution in [2.75, 3.05) is 36.2 Å². The number of halogens is 1. The molecule has 8 rings (SSSR count). The van der Waals surface area contributed by atoms with Crippen LogP contribution in [0.4, 0.5) is 17.1 Å². The number of hydrogen-bond acceptors (Lipinski definition) is 9. The zero-order chi connectivity index (χ0) is 43.9. The molecule has 1 fully saturated rings. The van der Waals surface area contributed by atoms with E-state index in [4.69, 9.17) is 21.1 Å². The molecule has 328 valence electrons. The molecule has 4 aliphatic heterocycles. The van der Waals surface area contributed by atoms with Gasteiger partial charge in [-0.15, -0.1) is 0 Å². The molecule has 4 N–H and O–H groups in total. The van der Waals surface area contributed by atoms with Gasteiger partial charge in [-0.3, -0.25) is 19.3 Å². The molecule has 4 aromatic rings. The lowest BCUT2D eigenvalue weighted by atomic mass is 9.82. The number of amides is 3. The van der Waals surface area contributed by atoms with Crippen molar-refractivity contribution in [3.63, 3.8) is 0 Å². The van der Waals surface area contributed by atoms with Gasteiger partial charge in [-0.1, -0.05) is 54.9 Å². The van der Waals surface area contributed by atoms with Crippen LogP contribution in [0.1, 0.15) is 60.9 Å². The third-order valence-electron chi connectivity index (χ3n) is 13.3. The SMILES string of the molecule is CCOc1ccc2c(c1)CC(NCCCCO)C(=O)N2c1ccc(CN2C(=O)[C@@]3(O[C@@H](CC(=O)N4Cc5ccccc5C[C@H]4CO)[C@H]([Si](C)(C)O)[C@H]3C)c3cc(Cl)ccc32)cc1. The predicted molar refractivity (Wildman–Crippen MR) is 241 cm³/mol. The number of fused-ring (bicyclic) bond motifs is 4. The lowest BCUT2D eigenvalue weighted by Gasteiger charge is -2.37. The summed E-state index contributed by atoms with van der Waals surface area (Å²) < 4.78 is 12.8. The number of carbonyl (C=O) groups excluding carboxylic acids is 3. The third-order valence-corrected chi connectivity index (χ3v) is 16.0. The van der Waals surface area contributed by atoms with Gasteiger partial charge in [0.05, 0.1) is 55.7 Å². The third kappa shape index (κ3) is 8.08. The zero-order valence-electron chi connectivity index (χ0n) is 35.9. The van der Waals surface area contributed by atoms with Crippen LogP contribution in [0.3, 0.4) is 0 Å². The molecule has 12 nitrogen and oxygen atoms in total. The van der Waals surface area contributed by atoms with Gasteiger partial charge in [0.25, 0.3) is 5.91 Å². The number of benzene rings is 4. The van der Waals surface area contributed by atoms with E-state index in [0.29, 0.717) is 60.9 Å². The van der Waals surface area contributed by atoms with Crippen molar-refractivity contribution < 1.29 is 38.9 Å². The largest absolute Gasteiger partial charge is 0.494 e. The number of aliphatic hydroxyl groups excluding tert-OH is 2. The molecule has 4 aromatic carbocycles. The topological polar surface area (TPSA) is 152 Å². The Morgan fingerprint density at radius 3 is 2.40 bits per heavy atom. The van der Waals surface area contributed by atoms with Crippen molar-refractivity contribution in [1.82, 2.24) is 10.2 Å². The molecular weight excluding hydrogens is 824 g/mol. The Balaban J connectivity index is 1.07. The summed E-state index contributed by atoms with van der Waals surface area (Å²) >= 11 is 6.66. The fraction of sp³-hybridized carbons (Fsp3) is 0.438. The maximum absolute atomic E-state index is 15.2. The van der Waals surface area contributed by atoms with Gasteiger partial charge in [0, 0.05) is 40.9 Å². The van der Waals surface area contributed by atoms with Gasteiger partial charge < -0.3 is 39.6 Å². The van der Waals surface area contributed by atoms with Gasteiger partial charge in [0.1, 0.15) is 5.75 Å². The molecule has 14 heteroatoms. The molecular formula is C48H57ClN4O8Si. The summed E-state index contributed by atoms with van der Waals surface area (Å²) in [6.07, 6.45) is 1.62. The number of carbonyl (C=O) groups is 3. The fourth-order valence-corrected chi connectivity index (χ4v) is 13.1. The number of anilines is 3. The van der Waals surface area contributed by atoms with Gasteiger partial charge >= 0.3 is 0 Å². The highest BCUT2D eigenvalue weighted by Crippen LogP contribution is 2.60. The second-order valence-electron chi connectivity index (χ2n) is 17.7. The van der Waals surface area contributed by atoms with Crippen LogP contribution < -0.4 is 19.9 Å². The van der Waals surface area contributed by atoms with E-state index in [-0.39, 0.29) is 43.9 Å². The summed E-state index contributed by atoms with van der Waals surface area (Å²) in [6, 6.07) is 25.8. The standard InChI is InChI=1S/C48H57ClN4O8Si/c1-5-60-38-17-19-41-34(23-38)24-40(50-20-8-9-21-54)46(57)53(41)36-15-12-31(13-16-36)27-52-42-18-14-35(49)25-39(42)48(47(52)58)30(2)45(62(3,4)59)43(61-48)26-44(56)51-28-33-11-7-6-10-32(33)22-37(51)29-55/h6-7,10-19,23,25,30,37,40,43,45,50,54-55,59H,5,8-9,20-22,24,26-29H2,1-4H3/t30-,37+,40?,43+,45-,48+/m1/s1. The summed E-state index contributed by atoms with van der Waals surface area (Å²) in [6.45, 7) is 9.13. The van der Waals surface area contributed by atoms with Gasteiger partial charge in [-0.25, -0.2) is 0 Å². The number of nitrogens with one attached hydrogen (secondary N) is 1. The van der Waals surface area contributed by atoms with Crippen LogP contribution in [0.5, 0.6) is 5.75 Å². The molecule has 1 saturated heterocycles. The summed E-state index contributed by atoms with van der Waals surface area (Å²) in [4.78, 5) is 60.6. The lowest BCUT2D eigenvalue weighted by molar-refractivity contribution is -0.151. The van der Waals surface area contributed by atoms with Crippen molar-refractivity contribution in [2.24, 2.45) is 5.92 Å². The average Bonchev–Trinajstić information content (AvgIpc) is 3.67. The molecule has 1 unspecified atom stereocenters. The lowest BCUT2D eigenvalue weighted by Crippen LogP contribution is -2.49. The number of nitrogens with zero attached hydrogens (tertiary/aromatic N) is 3. The second kappa shape index (κ2) is 17.9. The minimum atomic E-state index is -3.08. The molecule has 3 amide bonds. The van der Waals surface area contributed by atoms with Crippen LogP contribution in [0.2, 0.25) is 23.7 Å². The Labute approximate surface area is 369 Å². The van der Waals surface area contributed by atoms with Gasteiger partial charge in [-0.2, -0.15) is 0 Å². The minimum Gasteiger partial charge on any atom is -0.494 e. The Bertz CT molecular complexity index is 2320. The van der Waals surface area contributed by atoms with Crippen molar-refractivity contribution >= 4 is 54.7 Å². The smallest absolute Gasteiger partial charge is 0.264 e. The number of hydrogen-bond donors (Lipinski definition) is 4. The maximum atomic E-state index is 15.2. The van der Waals surface area contributed by atoms with Crippen molar-refractivity contribution in [3.8, 4) is 5.75 Å². The van der Waals surface area contributed by atoms with E-state index in [1.54, 1.807) is 26.8 Å². The highest BCUT2D eigenvalue weighted by Gasteiger charge is 2.66. The molecule has 62 heavy (non-hydrogen) atoms. The molecule has 0 saturated carbocycles. The zero-order valence-corrected chi connectivity index (χ0v) is 37.6. The monoisotopic (exact) mass is 880 g/mol. The first-order chi connectivity index (χ1) is 29.8. The van der Waals surface area contributed by atoms with Crippen LogP contribution in [-0.4, -0.2) is 90.5 Å². The minimum absolute atomic E-state index is 0.0542. The quantitative estimate of drug-likeness (QED) is 0.0837. The van der Waals surface area contributed by atoms with E-state index < -0.39 is 43.6 Å². The molecule has 0 aliphatic carbocycles. The first kappa shape index (κ1) is 44.0.